The van der Waals surface area contributed by atoms with E-state index in [1.807, 2.05) is 24.3 Å². The average molecular weight is 409 g/mol. The molecule has 0 unspecified atom stereocenters. The second-order valence-corrected chi connectivity index (χ2v) is 7.91. The fourth-order valence-corrected chi connectivity index (χ4v) is 4.17. The van der Waals surface area contributed by atoms with Crippen molar-refractivity contribution in [1.29, 1.82) is 0 Å². The molecule has 158 valence electrons. The van der Waals surface area contributed by atoms with Gasteiger partial charge in [0, 0.05) is 17.2 Å². The number of aromatic amines is 1. The van der Waals surface area contributed by atoms with Crippen LogP contribution >= 0.6 is 0 Å². The summed E-state index contributed by atoms with van der Waals surface area (Å²) in [5, 5.41) is 12.0. The van der Waals surface area contributed by atoms with Crippen molar-refractivity contribution in [3.05, 3.63) is 51.9 Å². The van der Waals surface area contributed by atoms with Gasteiger partial charge in [0.1, 0.15) is 11.4 Å². The van der Waals surface area contributed by atoms with Crippen LogP contribution in [0.15, 0.2) is 35.1 Å². The molecule has 30 heavy (non-hydrogen) atoms. The number of nitrogens with zero attached hydrogens (tertiary/aromatic N) is 2. The average Bonchev–Trinajstić information content (AvgIpc) is 3.20. The van der Waals surface area contributed by atoms with Gasteiger partial charge in [-0.15, -0.1) is 0 Å². The van der Waals surface area contributed by atoms with Gasteiger partial charge < -0.3 is 9.84 Å². The molecule has 1 fully saturated rings. The number of unbranched alkanes of at least 4 members (excludes halogenated alkanes) is 1. The Morgan fingerprint density at radius 3 is 2.63 bits per heavy atom. The Balaban J connectivity index is 1.80. The summed E-state index contributed by atoms with van der Waals surface area (Å²) >= 11 is 0. The third-order valence-electron chi connectivity index (χ3n) is 5.79. The highest BCUT2D eigenvalue weighted by Gasteiger charge is 2.26. The van der Waals surface area contributed by atoms with Gasteiger partial charge in [-0.25, -0.2) is 14.3 Å². The summed E-state index contributed by atoms with van der Waals surface area (Å²) in [5.41, 5.74) is 2.21. The van der Waals surface area contributed by atoms with Crippen molar-refractivity contribution < 1.29 is 14.6 Å². The molecule has 0 saturated heterocycles. The Labute approximate surface area is 174 Å². The molecule has 3 aromatic rings. The number of benzene rings is 1. The Morgan fingerprint density at radius 1 is 1.23 bits per heavy atom. The van der Waals surface area contributed by atoms with E-state index in [1.54, 1.807) is 0 Å². The highest BCUT2D eigenvalue weighted by molar-refractivity contribution is 5.86. The molecule has 0 spiro atoms. The number of hydrogen-bond donors (Lipinski definition) is 2. The predicted octanol–water partition coefficient (Wildman–Crippen LogP) is 4.61. The number of H-pyrrole nitrogens is 1. The van der Waals surface area contributed by atoms with Gasteiger partial charge in [0.15, 0.2) is 5.65 Å². The van der Waals surface area contributed by atoms with Crippen LogP contribution in [0.5, 0.6) is 5.75 Å². The molecule has 0 aliphatic heterocycles. The molecule has 2 aromatic heterocycles. The minimum atomic E-state index is -1.12. The van der Waals surface area contributed by atoms with Crippen LogP contribution in [-0.4, -0.2) is 32.3 Å². The topological polar surface area (TPSA) is 96.7 Å². The Kier molecular flexibility index (Phi) is 5.88. The number of aromatic nitrogens is 3. The van der Waals surface area contributed by atoms with E-state index >= 15 is 0 Å². The van der Waals surface area contributed by atoms with E-state index in [0.717, 1.165) is 49.8 Å². The van der Waals surface area contributed by atoms with Crippen molar-refractivity contribution in [1.82, 2.24) is 14.6 Å². The number of rotatable bonds is 7. The fourth-order valence-electron chi connectivity index (χ4n) is 4.17. The summed E-state index contributed by atoms with van der Waals surface area (Å²) < 4.78 is 7.01. The van der Waals surface area contributed by atoms with Gasteiger partial charge in [-0.1, -0.05) is 32.6 Å². The molecule has 1 aliphatic carbocycles. The number of carboxylic acid groups (broad SMARTS) is 1. The number of hydrogen-bond acceptors (Lipinski definition) is 4. The maximum absolute atomic E-state index is 13.4. The predicted molar refractivity (Wildman–Crippen MR) is 114 cm³/mol. The summed E-state index contributed by atoms with van der Waals surface area (Å²) in [6.45, 7) is 2.80. The van der Waals surface area contributed by atoms with Crippen LogP contribution in [0.2, 0.25) is 0 Å². The van der Waals surface area contributed by atoms with Gasteiger partial charge in [0.25, 0.3) is 5.56 Å². The molecule has 0 radical (unpaired) electrons. The summed E-state index contributed by atoms with van der Waals surface area (Å²) in [5.74, 6) is -0.198. The second-order valence-electron chi connectivity index (χ2n) is 7.91. The van der Waals surface area contributed by atoms with Crippen LogP contribution < -0.4 is 10.3 Å². The molecule has 4 rings (SSSR count). The first-order valence-electron chi connectivity index (χ1n) is 10.7. The Hall–Kier alpha value is -3.09. The quantitative estimate of drug-likeness (QED) is 0.555. The lowest BCUT2D eigenvalue weighted by atomic mass is 9.83. The highest BCUT2D eigenvalue weighted by Crippen LogP contribution is 2.36. The normalized spacial score (nSPS) is 14.8. The Morgan fingerprint density at radius 2 is 1.97 bits per heavy atom. The van der Waals surface area contributed by atoms with Gasteiger partial charge in [-0.2, -0.15) is 0 Å². The second kappa shape index (κ2) is 8.73. The molecule has 7 nitrogen and oxygen atoms in total. The number of ether oxygens (including phenoxy) is 1. The SMILES string of the molecule is CCCCOc1ccc(-c2nc3cc(C(=O)O)[nH]n3c(=O)c2C2CCCCC2)cc1. The van der Waals surface area contributed by atoms with Crippen LogP contribution in [0.25, 0.3) is 16.9 Å². The zero-order valence-electron chi connectivity index (χ0n) is 17.2. The largest absolute Gasteiger partial charge is 0.494 e. The van der Waals surface area contributed by atoms with Gasteiger partial charge >= 0.3 is 5.97 Å². The Bertz CT molecular complexity index is 1090. The number of fused-ring (bicyclic) bond motifs is 1. The van der Waals surface area contributed by atoms with E-state index in [9.17, 15) is 14.7 Å². The zero-order valence-corrected chi connectivity index (χ0v) is 17.2. The molecule has 2 N–H and O–H groups in total. The van der Waals surface area contributed by atoms with E-state index in [2.05, 4.69) is 12.0 Å². The van der Waals surface area contributed by atoms with Crippen molar-refractivity contribution in [2.75, 3.05) is 6.61 Å². The zero-order chi connectivity index (χ0) is 21.1. The first-order chi connectivity index (χ1) is 14.6. The standard InChI is InChI=1S/C23H27N3O4/c1-2-3-13-30-17-11-9-16(10-12-17)21-20(15-7-5-4-6-8-15)22(27)26-19(24-21)14-18(25-26)23(28)29/h9-12,14-15,25H,2-8,13H2,1H3,(H,28,29). The lowest BCUT2D eigenvalue weighted by molar-refractivity contribution is 0.0690. The van der Waals surface area contributed by atoms with Gasteiger partial charge in [0.05, 0.1) is 12.3 Å². The lowest BCUT2D eigenvalue weighted by Crippen LogP contribution is -2.25. The van der Waals surface area contributed by atoms with Crippen molar-refractivity contribution >= 4 is 11.6 Å². The van der Waals surface area contributed by atoms with E-state index < -0.39 is 5.97 Å². The van der Waals surface area contributed by atoms with Crippen molar-refractivity contribution in [3.63, 3.8) is 0 Å². The lowest BCUT2D eigenvalue weighted by Gasteiger charge is -2.23. The smallest absolute Gasteiger partial charge is 0.353 e. The molecule has 7 heteroatoms. The molecular formula is C23H27N3O4. The van der Waals surface area contributed by atoms with Crippen molar-refractivity contribution in [3.8, 4) is 17.0 Å². The number of nitrogens with one attached hydrogen (secondary N) is 1. The third-order valence-corrected chi connectivity index (χ3v) is 5.79. The molecule has 0 amide bonds. The van der Waals surface area contributed by atoms with Crippen LogP contribution in [0, 0.1) is 0 Å². The number of aromatic carboxylic acids is 1. The van der Waals surface area contributed by atoms with Crippen LogP contribution in [0.4, 0.5) is 0 Å². The van der Waals surface area contributed by atoms with E-state index in [4.69, 9.17) is 9.72 Å². The third kappa shape index (κ3) is 3.97. The monoisotopic (exact) mass is 409 g/mol. The minimum Gasteiger partial charge on any atom is -0.494 e. The molecule has 0 bridgehead atoms. The van der Waals surface area contributed by atoms with Crippen LogP contribution in [0.3, 0.4) is 0 Å². The van der Waals surface area contributed by atoms with Gasteiger partial charge in [-0.05, 0) is 49.4 Å². The molecule has 2 heterocycles. The molecule has 1 aromatic carbocycles. The van der Waals surface area contributed by atoms with Crippen LogP contribution in [0.1, 0.15) is 73.8 Å². The summed E-state index contributed by atoms with van der Waals surface area (Å²) in [6.07, 6.45) is 7.32. The van der Waals surface area contributed by atoms with E-state index in [0.29, 0.717) is 23.5 Å². The van der Waals surface area contributed by atoms with Crippen LogP contribution in [-0.2, 0) is 0 Å². The van der Waals surface area contributed by atoms with E-state index in [-0.39, 0.29) is 17.2 Å². The van der Waals surface area contributed by atoms with Gasteiger partial charge in [0.2, 0.25) is 0 Å². The maximum Gasteiger partial charge on any atom is 0.353 e. The van der Waals surface area contributed by atoms with E-state index in [1.165, 1.54) is 17.0 Å². The molecule has 1 saturated carbocycles. The maximum atomic E-state index is 13.4. The number of carboxylic acids is 1. The molecule has 1 aliphatic rings. The summed E-state index contributed by atoms with van der Waals surface area (Å²) in [4.78, 5) is 29.5. The minimum absolute atomic E-state index is 0.0500. The highest BCUT2D eigenvalue weighted by atomic mass is 16.5. The molecular weight excluding hydrogens is 382 g/mol. The van der Waals surface area contributed by atoms with Crippen molar-refractivity contribution in [2.45, 2.75) is 57.8 Å². The van der Waals surface area contributed by atoms with Crippen molar-refractivity contribution in [2.24, 2.45) is 0 Å². The van der Waals surface area contributed by atoms with Gasteiger partial charge in [-0.3, -0.25) is 9.89 Å². The molecule has 0 atom stereocenters. The summed E-state index contributed by atoms with van der Waals surface area (Å²) in [7, 11) is 0. The first kappa shape index (κ1) is 20.2. The first-order valence-corrected chi connectivity index (χ1v) is 10.7. The number of carbonyl (C=O) groups is 1. The fraction of sp³-hybridized carbons (Fsp3) is 0.435. The summed E-state index contributed by atoms with van der Waals surface area (Å²) in [6, 6.07) is 9.06.